The summed E-state index contributed by atoms with van der Waals surface area (Å²) in [6.45, 7) is 3.00. The molecule has 1 fully saturated rings. The lowest BCUT2D eigenvalue weighted by molar-refractivity contribution is 0.349. The number of para-hydroxylation sites is 1. The van der Waals surface area contributed by atoms with Crippen molar-refractivity contribution in [3.63, 3.8) is 0 Å². The molecular formula is C14H22N2. The number of hydrogen-bond donors (Lipinski definition) is 1. The summed E-state index contributed by atoms with van der Waals surface area (Å²) in [6.07, 6.45) is 3.80. The molecule has 1 unspecified atom stereocenters. The van der Waals surface area contributed by atoms with Gasteiger partial charge in [0, 0.05) is 19.3 Å². The van der Waals surface area contributed by atoms with Gasteiger partial charge in [-0.05, 0) is 37.3 Å². The molecule has 2 nitrogen and oxygen atoms in total. The highest BCUT2D eigenvalue weighted by atomic mass is 15.2. The van der Waals surface area contributed by atoms with Gasteiger partial charge in [0.05, 0.1) is 5.54 Å². The second-order valence-corrected chi connectivity index (χ2v) is 4.83. The van der Waals surface area contributed by atoms with Gasteiger partial charge in [-0.2, -0.15) is 0 Å². The van der Waals surface area contributed by atoms with Crippen molar-refractivity contribution in [3.05, 3.63) is 30.3 Å². The molecule has 1 aromatic carbocycles. The van der Waals surface area contributed by atoms with Crippen LogP contribution < -0.4 is 10.6 Å². The maximum atomic E-state index is 6.06. The molecule has 88 valence electrons. The van der Waals surface area contributed by atoms with E-state index in [0.29, 0.717) is 0 Å². The zero-order chi connectivity index (χ0) is 11.6. The zero-order valence-corrected chi connectivity index (χ0v) is 10.3. The van der Waals surface area contributed by atoms with Crippen molar-refractivity contribution in [2.75, 3.05) is 18.5 Å². The van der Waals surface area contributed by atoms with Crippen molar-refractivity contribution in [1.29, 1.82) is 0 Å². The van der Waals surface area contributed by atoms with E-state index in [1.54, 1.807) is 0 Å². The summed E-state index contributed by atoms with van der Waals surface area (Å²) in [4.78, 5) is 2.39. The Morgan fingerprint density at radius 1 is 1.31 bits per heavy atom. The number of hydrogen-bond acceptors (Lipinski definition) is 2. The third kappa shape index (κ3) is 1.82. The Bertz CT molecular complexity index is 326. The number of benzene rings is 1. The standard InChI is InChI=1S/C14H22N2/c1-3-14(11-15,12-9-10-12)16(2)13-7-5-4-6-8-13/h4-8,12H,3,9-11,15H2,1-2H3. The second-order valence-electron chi connectivity index (χ2n) is 4.83. The molecule has 1 saturated carbocycles. The van der Waals surface area contributed by atoms with Crippen molar-refractivity contribution in [3.8, 4) is 0 Å². The molecule has 0 heterocycles. The minimum Gasteiger partial charge on any atom is -0.367 e. The highest BCUT2D eigenvalue weighted by Gasteiger charge is 2.45. The van der Waals surface area contributed by atoms with Crippen LogP contribution >= 0.6 is 0 Å². The van der Waals surface area contributed by atoms with Crippen LogP contribution in [0, 0.1) is 5.92 Å². The van der Waals surface area contributed by atoms with Gasteiger partial charge in [-0.15, -0.1) is 0 Å². The van der Waals surface area contributed by atoms with E-state index in [4.69, 9.17) is 5.73 Å². The van der Waals surface area contributed by atoms with Crippen molar-refractivity contribution in [2.24, 2.45) is 11.7 Å². The summed E-state index contributed by atoms with van der Waals surface area (Å²) in [5.41, 5.74) is 7.50. The largest absolute Gasteiger partial charge is 0.367 e. The first kappa shape index (κ1) is 11.5. The molecular weight excluding hydrogens is 196 g/mol. The first-order chi connectivity index (χ1) is 7.74. The van der Waals surface area contributed by atoms with Gasteiger partial charge in [-0.1, -0.05) is 25.1 Å². The van der Waals surface area contributed by atoms with Crippen LogP contribution in [0.25, 0.3) is 0 Å². The van der Waals surface area contributed by atoms with Crippen molar-refractivity contribution in [1.82, 2.24) is 0 Å². The van der Waals surface area contributed by atoms with E-state index >= 15 is 0 Å². The van der Waals surface area contributed by atoms with E-state index in [1.165, 1.54) is 18.5 Å². The molecule has 2 N–H and O–H groups in total. The number of likely N-dealkylation sites (N-methyl/N-ethyl adjacent to an activating group) is 1. The number of anilines is 1. The third-order valence-corrected chi connectivity index (χ3v) is 4.11. The summed E-state index contributed by atoms with van der Waals surface area (Å²) in [6, 6.07) is 10.6. The predicted molar refractivity (Wildman–Crippen MR) is 69.6 cm³/mol. The van der Waals surface area contributed by atoms with Gasteiger partial charge in [-0.3, -0.25) is 0 Å². The topological polar surface area (TPSA) is 29.3 Å². The molecule has 2 heteroatoms. The molecule has 0 amide bonds. The summed E-state index contributed by atoms with van der Waals surface area (Å²) in [7, 11) is 2.18. The Morgan fingerprint density at radius 2 is 1.94 bits per heavy atom. The van der Waals surface area contributed by atoms with Crippen LogP contribution in [0.3, 0.4) is 0 Å². The Hall–Kier alpha value is -1.02. The van der Waals surface area contributed by atoms with E-state index in [2.05, 4.69) is 49.2 Å². The van der Waals surface area contributed by atoms with Crippen LogP contribution in [0.2, 0.25) is 0 Å². The van der Waals surface area contributed by atoms with Gasteiger partial charge >= 0.3 is 0 Å². The van der Waals surface area contributed by atoms with Crippen LogP contribution in [0.1, 0.15) is 26.2 Å². The minimum absolute atomic E-state index is 0.168. The maximum absolute atomic E-state index is 6.06. The lowest BCUT2D eigenvalue weighted by Crippen LogP contribution is -2.54. The number of rotatable bonds is 5. The maximum Gasteiger partial charge on any atom is 0.0546 e. The van der Waals surface area contributed by atoms with Crippen LogP contribution in [0.4, 0.5) is 5.69 Å². The average molecular weight is 218 g/mol. The smallest absolute Gasteiger partial charge is 0.0546 e. The van der Waals surface area contributed by atoms with E-state index in [0.717, 1.165) is 18.9 Å². The fourth-order valence-electron chi connectivity index (χ4n) is 2.78. The Kier molecular flexibility index (Phi) is 3.20. The summed E-state index contributed by atoms with van der Waals surface area (Å²) >= 11 is 0. The molecule has 16 heavy (non-hydrogen) atoms. The lowest BCUT2D eigenvalue weighted by Gasteiger charge is -2.42. The van der Waals surface area contributed by atoms with Crippen molar-refractivity contribution < 1.29 is 0 Å². The van der Waals surface area contributed by atoms with Gasteiger partial charge < -0.3 is 10.6 Å². The van der Waals surface area contributed by atoms with Crippen LogP contribution in [-0.2, 0) is 0 Å². The summed E-state index contributed by atoms with van der Waals surface area (Å²) in [5.74, 6) is 0.785. The number of nitrogens with two attached hydrogens (primary N) is 1. The highest BCUT2D eigenvalue weighted by molar-refractivity contribution is 5.49. The van der Waals surface area contributed by atoms with E-state index in [1.807, 2.05) is 0 Å². The molecule has 2 rings (SSSR count). The molecule has 0 radical (unpaired) electrons. The van der Waals surface area contributed by atoms with Crippen LogP contribution in [0.5, 0.6) is 0 Å². The molecule has 0 saturated heterocycles. The third-order valence-electron chi connectivity index (χ3n) is 4.11. The first-order valence-electron chi connectivity index (χ1n) is 6.23. The van der Waals surface area contributed by atoms with E-state index in [-0.39, 0.29) is 5.54 Å². The summed E-state index contributed by atoms with van der Waals surface area (Å²) in [5, 5.41) is 0. The fourth-order valence-corrected chi connectivity index (χ4v) is 2.78. The lowest BCUT2D eigenvalue weighted by atomic mass is 9.88. The molecule has 0 aliphatic heterocycles. The molecule has 1 aliphatic rings. The average Bonchev–Trinajstić information content (AvgIpc) is 3.17. The Labute approximate surface area is 98.4 Å². The van der Waals surface area contributed by atoms with Crippen LogP contribution in [-0.4, -0.2) is 19.1 Å². The molecule has 0 aromatic heterocycles. The molecule has 0 bridgehead atoms. The molecule has 1 aromatic rings. The monoisotopic (exact) mass is 218 g/mol. The van der Waals surface area contributed by atoms with Gasteiger partial charge in [0.15, 0.2) is 0 Å². The van der Waals surface area contributed by atoms with Gasteiger partial charge in [0.1, 0.15) is 0 Å². The first-order valence-corrected chi connectivity index (χ1v) is 6.23. The second kappa shape index (κ2) is 4.46. The fraction of sp³-hybridized carbons (Fsp3) is 0.571. The number of nitrogens with zero attached hydrogens (tertiary/aromatic N) is 1. The molecule has 0 spiro atoms. The van der Waals surface area contributed by atoms with Gasteiger partial charge in [0.25, 0.3) is 0 Å². The highest BCUT2D eigenvalue weighted by Crippen LogP contribution is 2.45. The van der Waals surface area contributed by atoms with E-state index in [9.17, 15) is 0 Å². The SMILES string of the molecule is CCC(CN)(C1CC1)N(C)c1ccccc1. The van der Waals surface area contributed by atoms with Crippen LogP contribution in [0.15, 0.2) is 30.3 Å². The van der Waals surface area contributed by atoms with Crippen molar-refractivity contribution >= 4 is 5.69 Å². The predicted octanol–water partition coefficient (Wildman–Crippen LogP) is 2.64. The van der Waals surface area contributed by atoms with Gasteiger partial charge in [0.2, 0.25) is 0 Å². The quantitative estimate of drug-likeness (QED) is 0.823. The molecule has 1 atom stereocenters. The Morgan fingerprint density at radius 3 is 2.38 bits per heavy atom. The normalized spacial score (nSPS) is 19.2. The van der Waals surface area contributed by atoms with Crippen molar-refractivity contribution in [2.45, 2.75) is 31.7 Å². The van der Waals surface area contributed by atoms with E-state index < -0.39 is 0 Å². The zero-order valence-electron chi connectivity index (χ0n) is 10.3. The Balaban J connectivity index is 2.26. The van der Waals surface area contributed by atoms with Gasteiger partial charge in [-0.25, -0.2) is 0 Å². The summed E-state index contributed by atoms with van der Waals surface area (Å²) < 4.78 is 0. The minimum atomic E-state index is 0.168. The molecule has 1 aliphatic carbocycles.